The van der Waals surface area contributed by atoms with Crippen molar-refractivity contribution in [2.75, 3.05) is 13.1 Å². The number of carbonyl (C=O) groups excluding carboxylic acids is 1. The van der Waals surface area contributed by atoms with Crippen LogP contribution in [0.5, 0.6) is 0 Å². The van der Waals surface area contributed by atoms with E-state index < -0.39 is 0 Å². The van der Waals surface area contributed by atoms with Crippen LogP contribution >= 0.6 is 0 Å². The number of nitrogens with one attached hydrogen (secondary N) is 1. The van der Waals surface area contributed by atoms with E-state index in [1.807, 2.05) is 41.4 Å². The number of hydrogen-bond acceptors (Lipinski definition) is 3. The maximum Gasteiger partial charge on any atom is 0.251 e. The minimum atomic E-state index is -0.0312. The number of benzene rings is 2. The fourth-order valence-electron chi connectivity index (χ4n) is 4.03. The highest BCUT2D eigenvalue weighted by Crippen LogP contribution is 2.14. The van der Waals surface area contributed by atoms with Crippen molar-refractivity contribution in [1.29, 1.82) is 0 Å². The van der Waals surface area contributed by atoms with Gasteiger partial charge in [0.15, 0.2) is 0 Å². The van der Waals surface area contributed by atoms with Crippen LogP contribution in [0.1, 0.15) is 52.7 Å². The molecule has 30 heavy (non-hydrogen) atoms. The summed E-state index contributed by atoms with van der Waals surface area (Å²) in [6.45, 7) is 4.64. The molecule has 0 radical (unpaired) electrons. The van der Waals surface area contributed by atoms with E-state index in [1.165, 1.54) is 49.9 Å². The van der Waals surface area contributed by atoms with Crippen LogP contribution in [0.3, 0.4) is 0 Å². The van der Waals surface area contributed by atoms with E-state index in [0.717, 1.165) is 18.7 Å². The predicted octanol–water partition coefficient (Wildman–Crippen LogP) is 4.24. The molecule has 1 saturated heterocycles. The maximum atomic E-state index is 12.6. The Morgan fingerprint density at radius 3 is 2.40 bits per heavy atom. The fraction of sp³-hybridized carbons (Fsp3) is 0.360. The Kier molecular flexibility index (Phi) is 6.93. The van der Waals surface area contributed by atoms with Gasteiger partial charge in [-0.2, -0.15) is 0 Å². The zero-order valence-electron chi connectivity index (χ0n) is 17.5. The van der Waals surface area contributed by atoms with E-state index in [4.69, 9.17) is 0 Å². The van der Waals surface area contributed by atoms with E-state index in [0.29, 0.717) is 12.1 Å². The van der Waals surface area contributed by atoms with Crippen LogP contribution in [0.25, 0.3) is 0 Å². The number of amides is 1. The molecule has 1 aliphatic rings. The first kappa shape index (κ1) is 20.4. The average Bonchev–Trinajstić information content (AvgIpc) is 3.15. The molecule has 0 saturated carbocycles. The second-order valence-electron chi connectivity index (χ2n) is 8.12. The normalized spacial score (nSPS) is 14.9. The molecule has 156 valence electrons. The highest BCUT2D eigenvalue weighted by molar-refractivity contribution is 5.94. The van der Waals surface area contributed by atoms with E-state index in [-0.39, 0.29) is 5.91 Å². The smallest absolute Gasteiger partial charge is 0.251 e. The molecule has 1 aliphatic heterocycles. The maximum absolute atomic E-state index is 12.6. The summed E-state index contributed by atoms with van der Waals surface area (Å²) in [6, 6.07) is 16.4. The lowest BCUT2D eigenvalue weighted by molar-refractivity contribution is 0.0951. The largest absolute Gasteiger partial charge is 0.348 e. The molecule has 1 fully saturated rings. The zero-order valence-corrected chi connectivity index (χ0v) is 17.5. The number of imidazole rings is 1. The average molecular weight is 403 g/mol. The number of nitrogens with zero attached hydrogens (tertiary/aromatic N) is 3. The summed E-state index contributed by atoms with van der Waals surface area (Å²) >= 11 is 0. The van der Waals surface area contributed by atoms with Crippen LogP contribution in [0.15, 0.2) is 67.3 Å². The van der Waals surface area contributed by atoms with E-state index in [1.54, 1.807) is 6.20 Å². The van der Waals surface area contributed by atoms with Gasteiger partial charge in [0.2, 0.25) is 0 Å². The van der Waals surface area contributed by atoms with Gasteiger partial charge in [-0.1, -0.05) is 49.2 Å². The van der Waals surface area contributed by atoms with Crippen molar-refractivity contribution in [2.45, 2.75) is 45.3 Å². The van der Waals surface area contributed by atoms with Gasteiger partial charge in [-0.15, -0.1) is 0 Å². The summed E-state index contributed by atoms with van der Waals surface area (Å²) in [5, 5.41) is 3.04. The van der Waals surface area contributed by atoms with Gasteiger partial charge in [0.1, 0.15) is 0 Å². The molecule has 0 unspecified atom stereocenters. The van der Waals surface area contributed by atoms with Gasteiger partial charge in [-0.3, -0.25) is 9.69 Å². The van der Waals surface area contributed by atoms with Gasteiger partial charge in [0.05, 0.1) is 6.33 Å². The first-order valence-corrected chi connectivity index (χ1v) is 10.9. The highest BCUT2D eigenvalue weighted by Gasteiger charge is 2.10. The molecule has 0 bridgehead atoms. The predicted molar refractivity (Wildman–Crippen MR) is 119 cm³/mol. The van der Waals surface area contributed by atoms with Crippen LogP contribution in [0, 0.1) is 0 Å². The molecule has 2 aromatic carbocycles. The highest BCUT2D eigenvalue weighted by atomic mass is 16.1. The van der Waals surface area contributed by atoms with Crippen LogP contribution in [0.4, 0.5) is 0 Å². The molecule has 3 aromatic rings. The van der Waals surface area contributed by atoms with Gasteiger partial charge in [-0.05, 0) is 54.8 Å². The van der Waals surface area contributed by atoms with Gasteiger partial charge < -0.3 is 9.88 Å². The molecule has 5 nitrogen and oxygen atoms in total. The summed E-state index contributed by atoms with van der Waals surface area (Å²) in [5.41, 5.74) is 4.28. The Balaban J connectivity index is 1.29. The van der Waals surface area contributed by atoms with Crippen molar-refractivity contribution in [3.05, 3.63) is 89.5 Å². The van der Waals surface area contributed by atoms with E-state index in [2.05, 4.69) is 39.5 Å². The van der Waals surface area contributed by atoms with Crippen LogP contribution in [-0.4, -0.2) is 33.4 Å². The Morgan fingerprint density at radius 2 is 1.67 bits per heavy atom. The van der Waals surface area contributed by atoms with Gasteiger partial charge in [0, 0.05) is 37.6 Å². The fourth-order valence-corrected chi connectivity index (χ4v) is 4.03. The lowest BCUT2D eigenvalue weighted by Crippen LogP contribution is -2.24. The lowest BCUT2D eigenvalue weighted by Gasteiger charge is -2.19. The Bertz CT molecular complexity index is 926. The number of carbonyl (C=O) groups is 1. The molecule has 0 aliphatic carbocycles. The summed E-state index contributed by atoms with van der Waals surface area (Å²) < 4.78 is 2.03. The number of rotatable bonds is 7. The van der Waals surface area contributed by atoms with Crippen molar-refractivity contribution in [3.8, 4) is 0 Å². The van der Waals surface area contributed by atoms with Crippen molar-refractivity contribution in [1.82, 2.24) is 19.8 Å². The second-order valence-corrected chi connectivity index (χ2v) is 8.12. The zero-order chi connectivity index (χ0) is 20.6. The second kappa shape index (κ2) is 10.2. The van der Waals surface area contributed by atoms with E-state index >= 15 is 0 Å². The van der Waals surface area contributed by atoms with Crippen LogP contribution in [-0.2, 0) is 19.6 Å². The van der Waals surface area contributed by atoms with Crippen LogP contribution in [0.2, 0.25) is 0 Å². The topological polar surface area (TPSA) is 50.2 Å². The molecule has 4 rings (SSSR count). The summed E-state index contributed by atoms with van der Waals surface area (Å²) in [5.74, 6) is -0.0312. The standard InChI is InChI=1S/C25H30N4O/c30-25(24-10-8-21(9-11-24)18-28-13-3-1-2-4-14-28)27-17-22-6-5-7-23(16-22)19-29-15-12-26-20-29/h5-12,15-16,20H,1-4,13-14,17-19H2,(H,27,30). The van der Waals surface area contributed by atoms with Gasteiger partial charge in [0.25, 0.3) is 5.91 Å². The molecule has 0 spiro atoms. The third-order valence-corrected chi connectivity index (χ3v) is 5.69. The molecule has 1 aromatic heterocycles. The molecular weight excluding hydrogens is 372 g/mol. The Morgan fingerprint density at radius 1 is 0.900 bits per heavy atom. The third kappa shape index (κ3) is 5.80. The van der Waals surface area contributed by atoms with Crippen LogP contribution < -0.4 is 5.32 Å². The van der Waals surface area contributed by atoms with Crippen molar-refractivity contribution in [2.24, 2.45) is 0 Å². The quantitative estimate of drug-likeness (QED) is 0.643. The van der Waals surface area contributed by atoms with Crippen molar-refractivity contribution in [3.63, 3.8) is 0 Å². The third-order valence-electron chi connectivity index (χ3n) is 5.69. The first-order valence-electron chi connectivity index (χ1n) is 10.9. The molecule has 2 heterocycles. The Labute approximate surface area is 178 Å². The van der Waals surface area contributed by atoms with E-state index in [9.17, 15) is 4.79 Å². The summed E-state index contributed by atoms with van der Waals surface area (Å²) in [7, 11) is 0. The molecule has 5 heteroatoms. The lowest BCUT2D eigenvalue weighted by atomic mass is 10.1. The molecule has 1 amide bonds. The molecule has 0 atom stereocenters. The summed E-state index contributed by atoms with van der Waals surface area (Å²) in [6.07, 6.45) is 10.8. The number of aromatic nitrogens is 2. The molecule has 1 N–H and O–H groups in total. The number of likely N-dealkylation sites (tertiary alicyclic amines) is 1. The minimum Gasteiger partial charge on any atom is -0.348 e. The van der Waals surface area contributed by atoms with Crippen molar-refractivity contribution < 1.29 is 4.79 Å². The molecular formula is C25H30N4O. The summed E-state index contributed by atoms with van der Waals surface area (Å²) in [4.78, 5) is 19.2. The minimum absolute atomic E-state index is 0.0312. The van der Waals surface area contributed by atoms with Gasteiger partial charge >= 0.3 is 0 Å². The van der Waals surface area contributed by atoms with Crippen molar-refractivity contribution >= 4 is 5.91 Å². The SMILES string of the molecule is O=C(NCc1cccc(Cn2ccnc2)c1)c1ccc(CN2CCCCCC2)cc1. The van der Waals surface area contributed by atoms with Gasteiger partial charge in [-0.25, -0.2) is 4.98 Å². The first-order chi connectivity index (χ1) is 14.8. The Hall–Kier alpha value is -2.92. The monoisotopic (exact) mass is 402 g/mol. The number of hydrogen-bond donors (Lipinski definition) is 1.